The number of hydrogen-bond donors (Lipinski definition) is 1. The SMILES string of the molecule is COc1cc(C)c(S(=O)(=O)N[C@@H](c2ccccc2)c2ccc(C)cc2)cc1C. The molecule has 0 aliphatic heterocycles. The number of rotatable bonds is 6. The van der Waals surface area contributed by atoms with Gasteiger partial charge in [-0.3, -0.25) is 0 Å². The van der Waals surface area contributed by atoms with E-state index in [1.807, 2.05) is 68.4 Å². The molecule has 0 bridgehead atoms. The molecule has 28 heavy (non-hydrogen) atoms. The normalized spacial score (nSPS) is 12.6. The van der Waals surface area contributed by atoms with E-state index >= 15 is 0 Å². The highest BCUT2D eigenvalue weighted by molar-refractivity contribution is 7.89. The van der Waals surface area contributed by atoms with E-state index in [9.17, 15) is 8.42 Å². The lowest BCUT2D eigenvalue weighted by molar-refractivity contribution is 0.411. The van der Waals surface area contributed by atoms with Crippen LogP contribution in [0.25, 0.3) is 0 Å². The molecule has 0 amide bonds. The van der Waals surface area contributed by atoms with Crippen LogP contribution in [0.5, 0.6) is 5.75 Å². The lowest BCUT2D eigenvalue weighted by Crippen LogP contribution is -2.30. The average Bonchev–Trinajstić information content (AvgIpc) is 2.69. The molecule has 0 heterocycles. The second kappa shape index (κ2) is 8.17. The third kappa shape index (κ3) is 4.26. The summed E-state index contributed by atoms with van der Waals surface area (Å²) in [5.74, 6) is 0.676. The molecule has 0 spiro atoms. The van der Waals surface area contributed by atoms with Crippen molar-refractivity contribution in [3.63, 3.8) is 0 Å². The largest absolute Gasteiger partial charge is 0.496 e. The minimum atomic E-state index is -3.75. The highest BCUT2D eigenvalue weighted by Crippen LogP contribution is 2.29. The van der Waals surface area contributed by atoms with Gasteiger partial charge in [-0.15, -0.1) is 0 Å². The van der Waals surface area contributed by atoms with E-state index in [0.29, 0.717) is 11.3 Å². The van der Waals surface area contributed by atoms with E-state index < -0.39 is 16.1 Å². The first kappa shape index (κ1) is 20.1. The molecular formula is C23H25NO3S. The fourth-order valence-corrected chi connectivity index (χ4v) is 4.75. The molecule has 0 aliphatic rings. The fourth-order valence-electron chi connectivity index (χ4n) is 3.22. The first-order chi connectivity index (χ1) is 13.3. The van der Waals surface area contributed by atoms with Crippen LogP contribution in [0.3, 0.4) is 0 Å². The molecule has 1 atom stereocenters. The van der Waals surface area contributed by atoms with Gasteiger partial charge in [0.2, 0.25) is 10.0 Å². The molecule has 146 valence electrons. The Balaban J connectivity index is 2.05. The molecular weight excluding hydrogens is 370 g/mol. The maximum absolute atomic E-state index is 13.3. The van der Waals surface area contributed by atoms with Crippen LogP contribution >= 0.6 is 0 Å². The van der Waals surface area contributed by atoms with Crippen LogP contribution in [-0.4, -0.2) is 15.5 Å². The van der Waals surface area contributed by atoms with Crippen LogP contribution in [0.4, 0.5) is 0 Å². The summed E-state index contributed by atoms with van der Waals surface area (Å²) in [6.07, 6.45) is 0. The number of hydrogen-bond acceptors (Lipinski definition) is 3. The smallest absolute Gasteiger partial charge is 0.241 e. The summed E-state index contributed by atoms with van der Waals surface area (Å²) in [6.45, 7) is 5.63. The zero-order valence-corrected chi connectivity index (χ0v) is 17.4. The van der Waals surface area contributed by atoms with Crippen LogP contribution in [0.2, 0.25) is 0 Å². The summed E-state index contributed by atoms with van der Waals surface area (Å²) in [6, 6.07) is 20.4. The van der Waals surface area contributed by atoms with Crippen molar-refractivity contribution < 1.29 is 13.2 Å². The summed E-state index contributed by atoms with van der Waals surface area (Å²) < 4.78 is 34.8. The molecule has 3 aromatic rings. The molecule has 0 aliphatic carbocycles. The van der Waals surface area contributed by atoms with Crippen LogP contribution in [0.15, 0.2) is 71.6 Å². The number of ether oxygens (including phenoxy) is 1. The van der Waals surface area contributed by atoms with Gasteiger partial charge in [0.05, 0.1) is 18.0 Å². The Hall–Kier alpha value is -2.63. The lowest BCUT2D eigenvalue weighted by Gasteiger charge is -2.21. The Kier molecular flexibility index (Phi) is 5.87. The first-order valence-electron chi connectivity index (χ1n) is 9.11. The van der Waals surface area contributed by atoms with Gasteiger partial charge >= 0.3 is 0 Å². The topological polar surface area (TPSA) is 55.4 Å². The van der Waals surface area contributed by atoms with Crippen molar-refractivity contribution in [1.29, 1.82) is 0 Å². The van der Waals surface area contributed by atoms with Crippen molar-refractivity contribution in [2.45, 2.75) is 31.7 Å². The van der Waals surface area contributed by atoms with E-state index in [4.69, 9.17) is 4.74 Å². The predicted octanol–water partition coefficient (Wildman–Crippen LogP) is 4.69. The number of nitrogens with one attached hydrogen (secondary N) is 1. The van der Waals surface area contributed by atoms with E-state index in [-0.39, 0.29) is 4.90 Å². The number of benzene rings is 3. The Labute approximate surface area is 167 Å². The molecule has 5 heteroatoms. The fraction of sp³-hybridized carbons (Fsp3) is 0.217. The average molecular weight is 396 g/mol. The zero-order valence-electron chi connectivity index (χ0n) is 16.6. The Morgan fingerprint density at radius 1 is 0.821 bits per heavy atom. The van der Waals surface area contributed by atoms with Gasteiger partial charge in [0.1, 0.15) is 5.75 Å². The molecule has 0 saturated carbocycles. The standard InChI is InChI=1S/C23H25NO3S/c1-16-10-12-20(13-11-16)23(19-8-6-5-7-9-19)24-28(25,26)22-15-17(2)21(27-4)14-18(22)3/h5-15,23-24H,1-4H3/t23-/m0/s1. The summed E-state index contributed by atoms with van der Waals surface area (Å²) in [4.78, 5) is 0.263. The van der Waals surface area contributed by atoms with Crippen molar-refractivity contribution in [2.75, 3.05) is 7.11 Å². The second-order valence-electron chi connectivity index (χ2n) is 6.96. The molecule has 1 N–H and O–H groups in total. The van der Waals surface area contributed by atoms with Gasteiger partial charge in [0, 0.05) is 0 Å². The van der Waals surface area contributed by atoms with Crippen LogP contribution in [0, 0.1) is 20.8 Å². The van der Waals surface area contributed by atoms with Crippen LogP contribution in [-0.2, 0) is 10.0 Å². The molecule has 0 aromatic heterocycles. The van der Waals surface area contributed by atoms with Gasteiger partial charge in [-0.1, -0.05) is 60.2 Å². The summed E-state index contributed by atoms with van der Waals surface area (Å²) in [5.41, 5.74) is 4.33. The summed E-state index contributed by atoms with van der Waals surface area (Å²) in [5, 5.41) is 0. The molecule has 0 radical (unpaired) electrons. The molecule has 0 saturated heterocycles. The minimum Gasteiger partial charge on any atom is -0.496 e. The van der Waals surface area contributed by atoms with Crippen LogP contribution < -0.4 is 9.46 Å². The second-order valence-corrected chi connectivity index (χ2v) is 8.65. The molecule has 0 fully saturated rings. The summed E-state index contributed by atoms with van der Waals surface area (Å²) >= 11 is 0. The third-order valence-electron chi connectivity index (χ3n) is 4.80. The molecule has 4 nitrogen and oxygen atoms in total. The van der Waals surface area contributed by atoms with Gasteiger partial charge in [-0.25, -0.2) is 8.42 Å². The number of methoxy groups -OCH3 is 1. The van der Waals surface area contributed by atoms with E-state index in [2.05, 4.69) is 4.72 Å². The molecule has 3 rings (SSSR count). The van der Waals surface area contributed by atoms with Crippen molar-refractivity contribution in [3.05, 3.63) is 94.5 Å². The van der Waals surface area contributed by atoms with Crippen molar-refractivity contribution in [3.8, 4) is 5.75 Å². The van der Waals surface area contributed by atoms with Crippen molar-refractivity contribution in [1.82, 2.24) is 4.72 Å². The Morgan fingerprint density at radius 2 is 1.43 bits per heavy atom. The number of aryl methyl sites for hydroxylation is 3. The van der Waals surface area contributed by atoms with E-state index in [1.165, 1.54) is 0 Å². The highest BCUT2D eigenvalue weighted by atomic mass is 32.2. The highest BCUT2D eigenvalue weighted by Gasteiger charge is 2.25. The van der Waals surface area contributed by atoms with Crippen molar-refractivity contribution >= 4 is 10.0 Å². The maximum atomic E-state index is 13.3. The Bertz CT molecular complexity index is 1060. The van der Waals surface area contributed by atoms with Crippen molar-refractivity contribution in [2.24, 2.45) is 0 Å². The lowest BCUT2D eigenvalue weighted by atomic mass is 9.99. The quantitative estimate of drug-likeness (QED) is 0.659. The van der Waals surface area contributed by atoms with Crippen LogP contribution in [0.1, 0.15) is 33.9 Å². The Morgan fingerprint density at radius 3 is 2.04 bits per heavy atom. The zero-order chi connectivity index (χ0) is 20.3. The van der Waals surface area contributed by atoms with Gasteiger partial charge in [0.15, 0.2) is 0 Å². The number of sulfonamides is 1. The predicted molar refractivity (Wildman–Crippen MR) is 112 cm³/mol. The molecule has 0 unspecified atom stereocenters. The summed E-state index contributed by atoms with van der Waals surface area (Å²) in [7, 11) is -2.17. The van der Waals surface area contributed by atoms with Gasteiger partial charge in [-0.05, 0) is 55.2 Å². The first-order valence-corrected chi connectivity index (χ1v) is 10.6. The maximum Gasteiger partial charge on any atom is 0.241 e. The van der Waals surface area contributed by atoms with Gasteiger partial charge in [-0.2, -0.15) is 4.72 Å². The van der Waals surface area contributed by atoms with E-state index in [1.54, 1.807) is 26.2 Å². The van der Waals surface area contributed by atoms with E-state index in [0.717, 1.165) is 22.3 Å². The third-order valence-corrected chi connectivity index (χ3v) is 6.36. The van der Waals surface area contributed by atoms with Gasteiger partial charge in [0.25, 0.3) is 0 Å². The molecule has 3 aromatic carbocycles. The minimum absolute atomic E-state index is 0.263. The monoisotopic (exact) mass is 395 g/mol. The van der Waals surface area contributed by atoms with Gasteiger partial charge < -0.3 is 4.74 Å².